The first-order chi connectivity index (χ1) is 9.00. The van der Waals surface area contributed by atoms with E-state index in [-0.39, 0.29) is 29.8 Å². The van der Waals surface area contributed by atoms with E-state index in [9.17, 15) is 4.39 Å². The number of likely N-dealkylation sites (tertiary alicyclic amines) is 1. The van der Waals surface area contributed by atoms with Crippen molar-refractivity contribution in [1.29, 1.82) is 0 Å². The van der Waals surface area contributed by atoms with E-state index in [0.717, 1.165) is 24.6 Å². The summed E-state index contributed by atoms with van der Waals surface area (Å²) >= 11 is 0. The molecule has 0 aromatic heterocycles. The first-order valence-electron chi connectivity index (χ1n) is 6.70. The second-order valence-electron chi connectivity index (χ2n) is 5.86. The summed E-state index contributed by atoms with van der Waals surface area (Å²) in [5.41, 5.74) is 1.41. The molecular formula is C15H23FIN3. The van der Waals surface area contributed by atoms with Gasteiger partial charge in [-0.25, -0.2) is 4.39 Å². The summed E-state index contributed by atoms with van der Waals surface area (Å²) in [6.45, 7) is 7.29. The lowest BCUT2D eigenvalue weighted by Crippen LogP contribution is -2.40. The Morgan fingerprint density at radius 2 is 2.00 bits per heavy atom. The van der Waals surface area contributed by atoms with E-state index < -0.39 is 0 Å². The molecule has 1 aliphatic rings. The lowest BCUT2D eigenvalue weighted by Gasteiger charge is -2.23. The van der Waals surface area contributed by atoms with Crippen LogP contribution in [0.4, 0.5) is 4.39 Å². The molecule has 0 spiro atoms. The highest BCUT2D eigenvalue weighted by Crippen LogP contribution is 2.28. The lowest BCUT2D eigenvalue weighted by atomic mass is 9.93. The zero-order chi connectivity index (χ0) is 13.9. The molecule has 1 aromatic rings. The van der Waals surface area contributed by atoms with Gasteiger partial charge in [0, 0.05) is 26.7 Å². The molecule has 0 bridgehead atoms. The van der Waals surface area contributed by atoms with Crippen LogP contribution in [0.15, 0.2) is 29.3 Å². The van der Waals surface area contributed by atoms with Crippen molar-refractivity contribution in [2.45, 2.75) is 26.8 Å². The smallest absolute Gasteiger partial charge is 0.193 e. The average molecular weight is 391 g/mol. The van der Waals surface area contributed by atoms with Crippen LogP contribution in [0.25, 0.3) is 0 Å². The standard InChI is InChI=1S/C15H22FN3.HI/c1-15(2)8-9-19(11-15)14(17-3)18-10-12-4-6-13(16)7-5-12;/h4-7H,8-11H2,1-3H3,(H,17,18);1H. The van der Waals surface area contributed by atoms with Crippen molar-refractivity contribution in [3.05, 3.63) is 35.6 Å². The Kier molecular flexibility index (Phi) is 6.23. The Balaban J connectivity index is 0.00000200. The predicted octanol–water partition coefficient (Wildman–Crippen LogP) is 3.25. The SMILES string of the molecule is CN=C(NCc1ccc(F)cc1)N1CCC(C)(C)C1.I. The molecule has 3 nitrogen and oxygen atoms in total. The normalized spacial score (nSPS) is 17.8. The number of hydrogen-bond acceptors (Lipinski definition) is 1. The van der Waals surface area contributed by atoms with Gasteiger partial charge in [0.05, 0.1) is 0 Å². The fourth-order valence-electron chi connectivity index (χ4n) is 2.41. The monoisotopic (exact) mass is 391 g/mol. The fraction of sp³-hybridized carbons (Fsp3) is 0.533. The minimum Gasteiger partial charge on any atom is -0.352 e. The minimum absolute atomic E-state index is 0. The number of benzene rings is 1. The van der Waals surface area contributed by atoms with Gasteiger partial charge in [-0.2, -0.15) is 0 Å². The molecule has 1 aliphatic heterocycles. The van der Waals surface area contributed by atoms with Crippen molar-refractivity contribution in [1.82, 2.24) is 10.2 Å². The van der Waals surface area contributed by atoms with E-state index in [2.05, 4.69) is 29.1 Å². The zero-order valence-electron chi connectivity index (χ0n) is 12.3. The number of rotatable bonds is 2. The zero-order valence-corrected chi connectivity index (χ0v) is 14.6. The number of nitrogens with one attached hydrogen (secondary N) is 1. The van der Waals surface area contributed by atoms with Crippen LogP contribution >= 0.6 is 24.0 Å². The molecule has 112 valence electrons. The minimum atomic E-state index is -0.200. The lowest BCUT2D eigenvalue weighted by molar-refractivity contribution is 0.370. The van der Waals surface area contributed by atoms with E-state index in [1.165, 1.54) is 18.6 Å². The molecule has 5 heteroatoms. The van der Waals surface area contributed by atoms with Crippen molar-refractivity contribution in [2.24, 2.45) is 10.4 Å². The van der Waals surface area contributed by atoms with Gasteiger partial charge in [-0.1, -0.05) is 26.0 Å². The summed E-state index contributed by atoms with van der Waals surface area (Å²) in [6.07, 6.45) is 1.18. The maximum Gasteiger partial charge on any atom is 0.193 e. The third kappa shape index (κ3) is 4.61. The van der Waals surface area contributed by atoms with E-state index in [0.29, 0.717) is 12.0 Å². The van der Waals surface area contributed by atoms with E-state index in [1.807, 2.05) is 0 Å². The third-order valence-corrected chi connectivity index (χ3v) is 3.55. The molecule has 1 fully saturated rings. The molecule has 0 saturated carbocycles. The van der Waals surface area contributed by atoms with E-state index >= 15 is 0 Å². The molecule has 0 atom stereocenters. The van der Waals surface area contributed by atoms with Crippen molar-refractivity contribution in [2.75, 3.05) is 20.1 Å². The van der Waals surface area contributed by atoms with Crippen molar-refractivity contribution < 1.29 is 4.39 Å². The topological polar surface area (TPSA) is 27.6 Å². The van der Waals surface area contributed by atoms with Gasteiger partial charge in [0.1, 0.15) is 5.82 Å². The second-order valence-corrected chi connectivity index (χ2v) is 5.86. The van der Waals surface area contributed by atoms with E-state index in [4.69, 9.17) is 0 Å². The fourth-order valence-corrected chi connectivity index (χ4v) is 2.41. The molecule has 20 heavy (non-hydrogen) atoms. The molecular weight excluding hydrogens is 368 g/mol. The van der Waals surface area contributed by atoms with Crippen LogP contribution in [-0.2, 0) is 6.54 Å². The number of hydrogen-bond donors (Lipinski definition) is 1. The Morgan fingerprint density at radius 3 is 2.50 bits per heavy atom. The predicted molar refractivity (Wildman–Crippen MR) is 92.0 cm³/mol. The number of halogens is 2. The Morgan fingerprint density at radius 1 is 1.35 bits per heavy atom. The van der Waals surface area contributed by atoms with Crippen LogP contribution < -0.4 is 5.32 Å². The van der Waals surface area contributed by atoms with Crippen LogP contribution in [0.1, 0.15) is 25.8 Å². The molecule has 1 saturated heterocycles. The van der Waals surface area contributed by atoms with Gasteiger partial charge >= 0.3 is 0 Å². The van der Waals surface area contributed by atoms with Crippen molar-refractivity contribution in [3.8, 4) is 0 Å². The summed E-state index contributed by atoms with van der Waals surface area (Å²) in [5, 5.41) is 3.34. The van der Waals surface area contributed by atoms with Crippen LogP contribution in [0.5, 0.6) is 0 Å². The van der Waals surface area contributed by atoms with Crippen molar-refractivity contribution in [3.63, 3.8) is 0 Å². The quantitative estimate of drug-likeness (QED) is 0.476. The van der Waals surface area contributed by atoms with Gasteiger partial charge in [-0.05, 0) is 29.5 Å². The Bertz CT molecular complexity index is 457. The highest BCUT2D eigenvalue weighted by Gasteiger charge is 2.30. The van der Waals surface area contributed by atoms with Gasteiger partial charge in [-0.15, -0.1) is 24.0 Å². The first kappa shape index (κ1) is 17.2. The number of nitrogens with zero attached hydrogens (tertiary/aromatic N) is 2. The summed E-state index contributed by atoms with van der Waals surface area (Å²) in [5.74, 6) is 0.726. The maximum atomic E-state index is 12.8. The highest BCUT2D eigenvalue weighted by molar-refractivity contribution is 14.0. The van der Waals surface area contributed by atoms with E-state index in [1.54, 1.807) is 19.2 Å². The Hall–Kier alpha value is -0.850. The number of guanidine groups is 1. The molecule has 0 amide bonds. The largest absolute Gasteiger partial charge is 0.352 e. The van der Waals surface area contributed by atoms with Crippen LogP contribution in [-0.4, -0.2) is 31.0 Å². The van der Waals surface area contributed by atoms with Gasteiger partial charge in [-0.3, -0.25) is 4.99 Å². The summed E-state index contributed by atoms with van der Waals surface area (Å²) in [4.78, 5) is 6.61. The highest BCUT2D eigenvalue weighted by atomic mass is 127. The Labute approximate surface area is 137 Å². The summed E-state index contributed by atoms with van der Waals surface area (Å²) in [6, 6.07) is 6.56. The maximum absolute atomic E-state index is 12.8. The summed E-state index contributed by atoms with van der Waals surface area (Å²) in [7, 11) is 1.80. The number of aliphatic imine (C=N–C) groups is 1. The van der Waals surface area contributed by atoms with Crippen LogP contribution in [0, 0.1) is 11.2 Å². The molecule has 1 heterocycles. The van der Waals surface area contributed by atoms with Crippen LogP contribution in [0.3, 0.4) is 0 Å². The van der Waals surface area contributed by atoms with Gasteiger partial charge < -0.3 is 10.2 Å². The molecule has 0 aliphatic carbocycles. The van der Waals surface area contributed by atoms with Gasteiger partial charge in [0.25, 0.3) is 0 Å². The molecule has 1 aromatic carbocycles. The van der Waals surface area contributed by atoms with Gasteiger partial charge in [0.15, 0.2) is 5.96 Å². The average Bonchev–Trinajstić information content (AvgIpc) is 2.73. The first-order valence-corrected chi connectivity index (χ1v) is 6.70. The van der Waals surface area contributed by atoms with Gasteiger partial charge in [0.2, 0.25) is 0 Å². The molecule has 0 radical (unpaired) electrons. The van der Waals surface area contributed by atoms with Crippen LogP contribution in [0.2, 0.25) is 0 Å². The summed E-state index contributed by atoms with van der Waals surface area (Å²) < 4.78 is 12.8. The molecule has 1 N–H and O–H groups in total. The third-order valence-electron chi connectivity index (χ3n) is 3.55. The molecule has 0 unspecified atom stereocenters. The second kappa shape index (κ2) is 7.24. The molecule has 2 rings (SSSR count). The van der Waals surface area contributed by atoms with Crippen molar-refractivity contribution >= 4 is 29.9 Å².